The van der Waals surface area contributed by atoms with Crippen LogP contribution in [0.4, 0.5) is 18.9 Å². The molecule has 35 heavy (non-hydrogen) atoms. The molecule has 1 atom stereocenters. The first-order valence-electron chi connectivity index (χ1n) is 11.3. The van der Waals surface area contributed by atoms with Gasteiger partial charge in [0.15, 0.2) is 0 Å². The fourth-order valence-corrected chi connectivity index (χ4v) is 3.29. The van der Waals surface area contributed by atoms with Crippen molar-refractivity contribution in [1.29, 1.82) is 0 Å². The van der Waals surface area contributed by atoms with Crippen molar-refractivity contribution in [2.75, 3.05) is 25.1 Å². The van der Waals surface area contributed by atoms with Crippen molar-refractivity contribution in [1.82, 2.24) is 10.3 Å². The number of amides is 2. The van der Waals surface area contributed by atoms with Gasteiger partial charge in [-0.15, -0.1) is 13.2 Å². The predicted molar refractivity (Wildman–Crippen MR) is 121 cm³/mol. The number of aliphatic hydroxyl groups excluding tert-OH is 1. The minimum absolute atomic E-state index is 0.170. The summed E-state index contributed by atoms with van der Waals surface area (Å²) in [6, 6.07) is 6.99. The van der Waals surface area contributed by atoms with E-state index in [0.717, 1.165) is 18.4 Å². The molecule has 1 aromatic heterocycles. The number of ether oxygens (including phenoxy) is 2. The van der Waals surface area contributed by atoms with E-state index >= 15 is 0 Å². The molecule has 1 saturated carbocycles. The Kier molecular flexibility index (Phi) is 9.05. The molecule has 2 amide bonds. The minimum atomic E-state index is -4.79. The molecular weight excluding hydrogens is 467 g/mol. The number of aryl methyl sites for hydroxylation is 1. The van der Waals surface area contributed by atoms with Gasteiger partial charge in [0, 0.05) is 17.4 Å². The maximum atomic E-state index is 13.0. The number of carbonyl (C=O) groups is 2. The number of hydrogen-bond acceptors (Lipinski definition) is 6. The number of pyridine rings is 1. The molecule has 11 heteroatoms. The molecule has 3 rings (SSSR count). The van der Waals surface area contributed by atoms with Gasteiger partial charge in [-0.2, -0.15) is 0 Å². The first-order valence-corrected chi connectivity index (χ1v) is 11.3. The number of nitrogens with one attached hydrogen (secondary N) is 2. The molecule has 0 unspecified atom stereocenters. The van der Waals surface area contributed by atoms with Gasteiger partial charge in [0.05, 0.1) is 25.9 Å². The Morgan fingerprint density at radius 2 is 2.00 bits per heavy atom. The second kappa shape index (κ2) is 12.0. The van der Waals surface area contributed by atoms with Gasteiger partial charge < -0.3 is 20.5 Å². The average Bonchev–Trinajstić information content (AvgIpc) is 3.66. The van der Waals surface area contributed by atoms with Crippen LogP contribution in [-0.2, 0) is 11.2 Å². The Hall–Kier alpha value is -3.18. The zero-order valence-electron chi connectivity index (χ0n) is 19.2. The summed E-state index contributed by atoms with van der Waals surface area (Å²) < 4.78 is 45.9. The number of hydrogen-bond donors (Lipinski definition) is 3. The van der Waals surface area contributed by atoms with Gasteiger partial charge in [0.1, 0.15) is 5.56 Å². The van der Waals surface area contributed by atoms with E-state index < -0.39 is 37.4 Å². The van der Waals surface area contributed by atoms with Crippen LogP contribution in [0.15, 0.2) is 36.5 Å². The van der Waals surface area contributed by atoms with Crippen LogP contribution in [0.1, 0.15) is 52.5 Å². The first-order chi connectivity index (χ1) is 16.7. The molecular formula is C24H28F3N3O5. The van der Waals surface area contributed by atoms with Crippen molar-refractivity contribution in [3.63, 3.8) is 0 Å². The van der Waals surface area contributed by atoms with Crippen molar-refractivity contribution >= 4 is 17.5 Å². The molecule has 1 aromatic carbocycles. The molecule has 0 radical (unpaired) electrons. The van der Waals surface area contributed by atoms with Crippen LogP contribution in [0.2, 0.25) is 0 Å². The predicted octanol–water partition coefficient (Wildman–Crippen LogP) is 3.70. The number of nitrogens with zero attached hydrogens (tertiary/aromatic N) is 1. The Bertz CT molecular complexity index is 1030. The summed E-state index contributed by atoms with van der Waals surface area (Å²) in [5.41, 5.74) is 1.61. The number of benzene rings is 1. The molecule has 3 N–H and O–H groups in total. The van der Waals surface area contributed by atoms with Gasteiger partial charge in [-0.3, -0.25) is 14.3 Å². The topological polar surface area (TPSA) is 110 Å². The highest BCUT2D eigenvalue weighted by atomic mass is 19.4. The summed E-state index contributed by atoms with van der Waals surface area (Å²) in [5, 5.41) is 14.7. The Balaban J connectivity index is 1.69. The van der Waals surface area contributed by atoms with E-state index in [2.05, 4.69) is 20.4 Å². The average molecular weight is 495 g/mol. The van der Waals surface area contributed by atoms with E-state index in [-0.39, 0.29) is 23.4 Å². The van der Waals surface area contributed by atoms with E-state index in [1.54, 1.807) is 30.5 Å². The van der Waals surface area contributed by atoms with Crippen molar-refractivity contribution in [2.45, 2.75) is 45.0 Å². The molecule has 0 aliphatic heterocycles. The van der Waals surface area contributed by atoms with Crippen LogP contribution < -0.4 is 15.4 Å². The molecule has 0 saturated heterocycles. The van der Waals surface area contributed by atoms with Crippen molar-refractivity contribution in [3.8, 4) is 5.88 Å². The van der Waals surface area contributed by atoms with Gasteiger partial charge in [0.25, 0.3) is 11.8 Å². The fourth-order valence-electron chi connectivity index (χ4n) is 3.29. The largest absolute Gasteiger partial charge is 0.522 e. The van der Waals surface area contributed by atoms with E-state index in [4.69, 9.17) is 4.74 Å². The number of alkyl halides is 3. The zero-order chi connectivity index (χ0) is 25.4. The number of aromatic nitrogens is 1. The molecule has 1 aliphatic rings. The second-order valence-corrected chi connectivity index (χ2v) is 8.23. The van der Waals surface area contributed by atoms with Crippen LogP contribution in [0.5, 0.6) is 5.88 Å². The number of aliphatic hydroxyl groups is 1. The highest BCUT2D eigenvalue weighted by Gasteiger charge is 2.29. The fraction of sp³-hybridized carbons (Fsp3) is 0.458. The number of halogens is 3. The Morgan fingerprint density at radius 1 is 1.23 bits per heavy atom. The molecule has 1 aliphatic carbocycles. The lowest BCUT2D eigenvalue weighted by atomic mass is 10.1. The van der Waals surface area contributed by atoms with Crippen LogP contribution in [0.25, 0.3) is 0 Å². The summed E-state index contributed by atoms with van der Waals surface area (Å²) >= 11 is 0. The minimum Gasteiger partial charge on any atom is -0.477 e. The molecule has 0 bridgehead atoms. The summed E-state index contributed by atoms with van der Waals surface area (Å²) in [6.07, 6.45) is -0.721. The van der Waals surface area contributed by atoms with Crippen LogP contribution in [0.3, 0.4) is 0 Å². The summed E-state index contributed by atoms with van der Waals surface area (Å²) in [5.74, 6) is -0.342. The van der Waals surface area contributed by atoms with Gasteiger partial charge in [0.2, 0.25) is 5.88 Å². The molecule has 8 nitrogen and oxygen atoms in total. The monoisotopic (exact) mass is 495 g/mol. The van der Waals surface area contributed by atoms with Crippen molar-refractivity contribution in [3.05, 3.63) is 53.2 Å². The number of anilines is 1. The lowest BCUT2D eigenvalue weighted by Crippen LogP contribution is -2.38. The van der Waals surface area contributed by atoms with E-state index in [0.29, 0.717) is 24.6 Å². The SMILES string of the molecule is CCc1ccc(C(=O)N[C@H](CO)CCOC(F)(F)F)cc1NC(=O)c1cccnc1OCC1CC1. The highest BCUT2D eigenvalue weighted by molar-refractivity contribution is 6.07. The zero-order valence-corrected chi connectivity index (χ0v) is 19.2. The van der Waals surface area contributed by atoms with E-state index in [9.17, 15) is 27.9 Å². The maximum absolute atomic E-state index is 13.0. The standard InChI is InChI=1S/C24H28F3N3O5/c1-2-16-7-8-17(21(32)29-18(13-31)9-11-35-24(25,26)27)12-20(16)30-22(33)19-4-3-10-28-23(19)34-14-15-5-6-15/h3-4,7-8,10,12,15,18,31H,2,5-6,9,11,13-14H2,1H3,(H,29,32)(H,30,33)/t18-/m0/s1. The quantitative estimate of drug-likeness (QED) is 0.414. The summed E-state index contributed by atoms with van der Waals surface area (Å²) in [6.45, 7) is 1.12. The summed E-state index contributed by atoms with van der Waals surface area (Å²) in [4.78, 5) is 29.8. The van der Waals surface area contributed by atoms with Crippen molar-refractivity contribution < 1.29 is 37.3 Å². The lowest BCUT2D eigenvalue weighted by Gasteiger charge is -2.18. The molecule has 0 spiro atoms. The Morgan fingerprint density at radius 3 is 2.66 bits per heavy atom. The number of rotatable bonds is 12. The molecule has 1 heterocycles. The Labute approximate surface area is 200 Å². The van der Waals surface area contributed by atoms with Gasteiger partial charge in [-0.05, 0) is 61.4 Å². The molecule has 190 valence electrons. The third kappa shape index (κ3) is 8.22. The van der Waals surface area contributed by atoms with Crippen molar-refractivity contribution in [2.24, 2.45) is 5.92 Å². The van der Waals surface area contributed by atoms with E-state index in [1.165, 1.54) is 6.07 Å². The smallest absolute Gasteiger partial charge is 0.477 e. The third-order valence-corrected chi connectivity index (χ3v) is 5.46. The maximum Gasteiger partial charge on any atom is 0.522 e. The van der Waals surface area contributed by atoms with Crippen LogP contribution >= 0.6 is 0 Å². The first kappa shape index (κ1) is 26.4. The number of carbonyl (C=O) groups excluding carboxylic acids is 2. The van der Waals surface area contributed by atoms with Gasteiger partial charge in [-0.1, -0.05) is 13.0 Å². The molecule has 2 aromatic rings. The van der Waals surface area contributed by atoms with Gasteiger partial charge >= 0.3 is 6.36 Å². The lowest BCUT2D eigenvalue weighted by molar-refractivity contribution is -0.325. The third-order valence-electron chi connectivity index (χ3n) is 5.46. The van der Waals surface area contributed by atoms with Crippen LogP contribution in [-0.4, -0.2) is 54.1 Å². The normalized spacial score (nSPS) is 14.3. The van der Waals surface area contributed by atoms with Gasteiger partial charge in [-0.25, -0.2) is 4.98 Å². The summed E-state index contributed by atoms with van der Waals surface area (Å²) in [7, 11) is 0. The van der Waals surface area contributed by atoms with Crippen LogP contribution in [0, 0.1) is 5.92 Å². The highest BCUT2D eigenvalue weighted by Crippen LogP contribution is 2.30. The van der Waals surface area contributed by atoms with E-state index in [1.807, 2.05) is 6.92 Å². The molecule has 1 fully saturated rings. The second-order valence-electron chi connectivity index (χ2n) is 8.23.